The minimum absolute atomic E-state index is 0.194. The van der Waals surface area contributed by atoms with Crippen molar-refractivity contribution in [2.24, 2.45) is 0 Å². The maximum absolute atomic E-state index is 13.3. The zero-order valence-electron chi connectivity index (χ0n) is 9.88. The number of benzene rings is 1. The van der Waals surface area contributed by atoms with Crippen molar-refractivity contribution in [3.63, 3.8) is 0 Å². The number of nitrogens with zero attached hydrogens (tertiary/aromatic N) is 2. The van der Waals surface area contributed by atoms with Gasteiger partial charge in [0.05, 0.1) is 0 Å². The molecule has 0 saturated heterocycles. The molecule has 2 aromatic rings. The van der Waals surface area contributed by atoms with Crippen molar-refractivity contribution in [2.45, 2.75) is 0 Å². The van der Waals surface area contributed by atoms with Crippen LogP contribution in [0.4, 0.5) is 15.1 Å². The largest absolute Gasteiger partial charge is 0.325 e. The molecule has 2 rings (SSSR count). The van der Waals surface area contributed by atoms with E-state index in [9.17, 15) is 9.18 Å². The van der Waals surface area contributed by atoms with E-state index in [1.54, 1.807) is 24.3 Å². The molecule has 1 aromatic carbocycles. The van der Waals surface area contributed by atoms with Gasteiger partial charge in [-0.25, -0.2) is 19.2 Å². The third-order valence-electron chi connectivity index (χ3n) is 2.17. The van der Waals surface area contributed by atoms with E-state index in [1.807, 2.05) is 0 Å². The minimum Gasteiger partial charge on any atom is -0.314 e. The van der Waals surface area contributed by atoms with Crippen LogP contribution in [-0.4, -0.2) is 16.0 Å². The Morgan fingerprint density at radius 2 is 1.89 bits per heavy atom. The fraction of sp³-hybridized carbons (Fsp3) is 0. The molecule has 19 heavy (non-hydrogen) atoms. The van der Waals surface area contributed by atoms with Crippen LogP contribution in [0, 0.1) is 5.82 Å². The number of hydrogen-bond acceptors (Lipinski definition) is 3. The number of aromatic nitrogens is 2. The molecule has 0 bridgehead atoms. The van der Waals surface area contributed by atoms with E-state index in [-0.39, 0.29) is 11.8 Å². The van der Waals surface area contributed by atoms with Crippen LogP contribution in [0.3, 0.4) is 0 Å². The SMILES string of the molecule is O=C(N/C=C/c1ccccc1F)Nc1ncccn1. The van der Waals surface area contributed by atoms with E-state index in [0.717, 1.165) is 0 Å². The lowest BCUT2D eigenvalue weighted by atomic mass is 10.2. The Bertz CT molecular complexity index is 586. The third-order valence-corrected chi connectivity index (χ3v) is 2.17. The zero-order valence-corrected chi connectivity index (χ0v) is 9.88. The quantitative estimate of drug-likeness (QED) is 0.888. The maximum atomic E-state index is 13.3. The molecule has 0 aliphatic rings. The van der Waals surface area contributed by atoms with E-state index in [1.165, 1.54) is 30.7 Å². The normalized spacial score (nSPS) is 10.4. The molecule has 0 saturated carbocycles. The van der Waals surface area contributed by atoms with Crippen LogP contribution in [0.1, 0.15) is 5.56 Å². The van der Waals surface area contributed by atoms with E-state index < -0.39 is 6.03 Å². The Morgan fingerprint density at radius 3 is 2.63 bits per heavy atom. The molecule has 0 atom stereocenters. The first-order valence-electron chi connectivity index (χ1n) is 5.51. The van der Waals surface area contributed by atoms with Crippen molar-refractivity contribution in [1.82, 2.24) is 15.3 Å². The lowest BCUT2D eigenvalue weighted by Crippen LogP contribution is -2.24. The maximum Gasteiger partial charge on any atom is 0.325 e. The zero-order chi connectivity index (χ0) is 13.5. The lowest BCUT2D eigenvalue weighted by molar-refractivity contribution is 0.255. The molecule has 2 amide bonds. The Labute approximate surface area is 109 Å². The van der Waals surface area contributed by atoms with Gasteiger partial charge in [-0.2, -0.15) is 0 Å². The summed E-state index contributed by atoms with van der Waals surface area (Å²) in [4.78, 5) is 19.1. The molecule has 0 unspecified atom stereocenters. The van der Waals surface area contributed by atoms with Crippen molar-refractivity contribution in [3.8, 4) is 0 Å². The van der Waals surface area contributed by atoms with Gasteiger partial charge < -0.3 is 5.32 Å². The number of carbonyl (C=O) groups excluding carboxylic acids is 1. The summed E-state index contributed by atoms with van der Waals surface area (Å²) in [6.07, 6.45) is 5.83. The molecule has 0 spiro atoms. The van der Waals surface area contributed by atoms with Gasteiger partial charge in [-0.3, -0.25) is 5.32 Å². The number of carbonyl (C=O) groups is 1. The molecule has 5 nitrogen and oxygen atoms in total. The Hall–Kier alpha value is -2.76. The van der Waals surface area contributed by atoms with Crippen LogP contribution in [0.2, 0.25) is 0 Å². The summed E-state index contributed by atoms with van der Waals surface area (Å²) in [6.45, 7) is 0. The molecule has 1 aromatic heterocycles. The monoisotopic (exact) mass is 258 g/mol. The average Bonchev–Trinajstić information content (AvgIpc) is 2.42. The average molecular weight is 258 g/mol. The highest BCUT2D eigenvalue weighted by atomic mass is 19.1. The molecular weight excluding hydrogens is 247 g/mol. The molecule has 0 fully saturated rings. The van der Waals surface area contributed by atoms with Gasteiger partial charge in [0.15, 0.2) is 0 Å². The first-order valence-corrected chi connectivity index (χ1v) is 5.51. The molecule has 6 heteroatoms. The summed E-state index contributed by atoms with van der Waals surface area (Å²) < 4.78 is 13.3. The Morgan fingerprint density at radius 1 is 1.16 bits per heavy atom. The van der Waals surface area contributed by atoms with E-state index >= 15 is 0 Å². The first kappa shape index (κ1) is 12.7. The molecule has 2 N–H and O–H groups in total. The van der Waals surface area contributed by atoms with Crippen LogP contribution in [-0.2, 0) is 0 Å². The lowest BCUT2D eigenvalue weighted by Gasteiger charge is -2.01. The summed E-state index contributed by atoms with van der Waals surface area (Å²) in [5.74, 6) is -0.161. The number of anilines is 1. The predicted octanol–water partition coefficient (Wildman–Crippen LogP) is 2.41. The summed E-state index contributed by atoms with van der Waals surface area (Å²) in [7, 11) is 0. The van der Waals surface area contributed by atoms with Gasteiger partial charge in [0.1, 0.15) is 5.82 Å². The van der Waals surface area contributed by atoms with Crippen molar-refractivity contribution in [1.29, 1.82) is 0 Å². The second-order valence-electron chi connectivity index (χ2n) is 3.53. The van der Waals surface area contributed by atoms with E-state index in [2.05, 4.69) is 20.6 Å². The smallest absolute Gasteiger partial charge is 0.314 e. The van der Waals surface area contributed by atoms with Gasteiger partial charge in [0.25, 0.3) is 0 Å². The van der Waals surface area contributed by atoms with Crippen LogP contribution in [0.5, 0.6) is 0 Å². The number of rotatable bonds is 3. The van der Waals surface area contributed by atoms with Crippen molar-refractivity contribution < 1.29 is 9.18 Å². The van der Waals surface area contributed by atoms with Gasteiger partial charge in [-0.05, 0) is 18.2 Å². The topological polar surface area (TPSA) is 66.9 Å². The highest BCUT2D eigenvalue weighted by Gasteiger charge is 2.00. The standard InChI is InChI=1S/C13H11FN4O/c14-11-5-2-1-4-10(11)6-9-17-13(19)18-12-15-7-3-8-16-12/h1-9H,(H2,15,16,17,18,19)/b9-6+. The first-order chi connectivity index (χ1) is 9.25. The molecule has 96 valence electrons. The molecule has 0 aliphatic carbocycles. The Kier molecular flexibility index (Phi) is 4.17. The van der Waals surface area contributed by atoms with E-state index in [4.69, 9.17) is 0 Å². The van der Waals surface area contributed by atoms with Crippen LogP contribution in [0.25, 0.3) is 6.08 Å². The highest BCUT2D eigenvalue weighted by Crippen LogP contribution is 2.07. The van der Waals surface area contributed by atoms with E-state index in [0.29, 0.717) is 5.56 Å². The summed E-state index contributed by atoms with van der Waals surface area (Å²) in [5.41, 5.74) is 0.388. The fourth-order valence-electron chi connectivity index (χ4n) is 1.32. The number of amides is 2. The Balaban J connectivity index is 1.89. The fourth-order valence-corrected chi connectivity index (χ4v) is 1.32. The van der Waals surface area contributed by atoms with Gasteiger partial charge in [0, 0.05) is 24.2 Å². The summed E-state index contributed by atoms with van der Waals surface area (Å²) in [6, 6.07) is 7.39. The van der Waals surface area contributed by atoms with Crippen LogP contribution >= 0.6 is 0 Å². The molecule has 1 heterocycles. The molecule has 0 aliphatic heterocycles. The van der Waals surface area contributed by atoms with Crippen molar-refractivity contribution >= 4 is 18.1 Å². The molecule has 0 radical (unpaired) electrons. The summed E-state index contributed by atoms with van der Waals surface area (Å²) >= 11 is 0. The van der Waals surface area contributed by atoms with Gasteiger partial charge >= 0.3 is 6.03 Å². The van der Waals surface area contributed by atoms with Crippen LogP contribution in [0.15, 0.2) is 48.9 Å². The van der Waals surface area contributed by atoms with Gasteiger partial charge in [-0.1, -0.05) is 18.2 Å². The third kappa shape index (κ3) is 3.88. The van der Waals surface area contributed by atoms with Crippen molar-refractivity contribution in [2.75, 3.05) is 5.32 Å². The predicted molar refractivity (Wildman–Crippen MR) is 69.6 cm³/mol. The van der Waals surface area contributed by atoms with Crippen molar-refractivity contribution in [3.05, 3.63) is 60.3 Å². The second-order valence-corrected chi connectivity index (χ2v) is 3.53. The van der Waals surface area contributed by atoms with Crippen LogP contribution < -0.4 is 10.6 Å². The number of urea groups is 1. The minimum atomic E-state index is -0.501. The number of hydrogen-bond donors (Lipinski definition) is 2. The summed E-state index contributed by atoms with van der Waals surface area (Å²) in [5, 5.41) is 4.86. The highest BCUT2D eigenvalue weighted by molar-refractivity contribution is 5.88. The second kappa shape index (κ2) is 6.25. The van der Waals surface area contributed by atoms with Gasteiger partial charge in [-0.15, -0.1) is 0 Å². The number of halogens is 1. The molecular formula is C13H11FN4O. The number of nitrogens with one attached hydrogen (secondary N) is 2. The van der Waals surface area contributed by atoms with Gasteiger partial charge in [0.2, 0.25) is 5.95 Å².